The van der Waals surface area contributed by atoms with Crippen molar-refractivity contribution in [1.82, 2.24) is 4.98 Å². The predicted octanol–water partition coefficient (Wildman–Crippen LogP) is 0.746. The van der Waals surface area contributed by atoms with Gasteiger partial charge in [-0.05, 0) is 11.4 Å². The van der Waals surface area contributed by atoms with Gasteiger partial charge in [-0.1, -0.05) is 6.07 Å². The molecule has 0 aliphatic rings. The first-order valence-electron chi connectivity index (χ1n) is 4.15. The lowest BCUT2D eigenvalue weighted by Gasteiger charge is -2.00. The number of hydrogen-bond donors (Lipinski definition) is 1. The predicted molar refractivity (Wildman–Crippen MR) is 58.6 cm³/mol. The van der Waals surface area contributed by atoms with Gasteiger partial charge in [-0.3, -0.25) is 0 Å². The fourth-order valence-electron chi connectivity index (χ4n) is 1.23. The molecule has 4 nitrogen and oxygen atoms in total. The number of carboxylic acid groups (broad SMARTS) is 1. The van der Waals surface area contributed by atoms with E-state index in [0.29, 0.717) is 15.7 Å². The van der Waals surface area contributed by atoms with Crippen LogP contribution in [0.25, 0.3) is 10.6 Å². The zero-order valence-corrected chi connectivity index (χ0v) is 9.23. The van der Waals surface area contributed by atoms with E-state index in [1.807, 2.05) is 17.5 Å². The van der Waals surface area contributed by atoms with E-state index >= 15 is 0 Å². The number of aromatic nitrogens is 1. The molecule has 0 aromatic carbocycles. The van der Waals surface area contributed by atoms with Gasteiger partial charge in [0.1, 0.15) is 0 Å². The maximum absolute atomic E-state index is 10.5. The molecule has 2 aromatic rings. The highest BCUT2D eigenvalue weighted by Crippen LogP contribution is 2.32. The van der Waals surface area contributed by atoms with Crippen LogP contribution in [-0.2, 0) is 11.2 Å². The number of carboxylic acids is 1. The molecule has 0 atom stereocenters. The number of nitrogens with two attached hydrogens (primary N) is 1. The number of nitrogen functional groups attached to an aromatic ring is 1. The van der Waals surface area contributed by atoms with E-state index in [4.69, 9.17) is 5.73 Å². The second-order valence-corrected chi connectivity index (χ2v) is 4.91. The Kier molecular flexibility index (Phi) is 2.70. The molecule has 0 amide bonds. The van der Waals surface area contributed by atoms with Gasteiger partial charge in [-0.2, -0.15) is 0 Å². The van der Waals surface area contributed by atoms with Crippen molar-refractivity contribution in [3.8, 4) is 10.6 Å². The molecule has 0 aliphatic heterocycles. The largest absolute Gasteiger partial charge is 0.550 e. The maximum atomic E-state index is 10.5. The Morgan fingerprint density at radius 3 is 3.00 bits per heavy atom. The number of nitrogens with zero attached hydrogens (tertiary/aromatic N) is 1. The van der Waals surface area contributed by atoms with Crippen molar-refractivity contribution in [1.29, 1.82) is 0 Å². The Morgan fingerprint density at radius 2 is 2.40 bits per heavy atom. The van der Waals surface area contributed by atoms with E-state index in [1.54, 1.807) is 0 Å². The summed E-state index contributed by atoms with van der Waals surface area (Å²) in [6, 6.07) is 3.77. The molecule has 0 unspecified atom stereocenters. The van der Waals surface area contributed by atoms with Crippen LogP contribution in [0.2, 0.25) is 0 Å². The molecule has 0 fully saturated rings. The Bertz CT molecular complexity index is 476. The summed E-state index contributed by atoms with van der Waals surface area (Å²) in [4.78, 5) is 16.2. The molecule has 2 rings (SSSR count). The van der Waals surface area contributed by atoms with Crippen molar-refractivity contribution in [2.24, 2.45) is 0 Å². The number of thiazole rings is 1. The van der Waals surface area contributed by atoms with Gasteiger partial charge in [0.25, 0.3) is 0 Å². The molecule has 0 radical (unpaired) electrons. The topological polar surface area (TPSA) is 79.0 Å². The van der Waals surface area contributed by atoms with E-state index in [1.165, 1.54) is 22.7 Å². The van der Waals surface area contributed by atoms with Crippen molar-refractivity contribution in [2.75, 3.05) is 5.73 Å². The summed E-state index contributed by atoms with van der Waals surface area (Å²) < 4.78 is 0. The normalized spacial score (nSPS) is 10.4. The molecule has 2 N–H and O–H groups in total. The first-order valence-corrected chi connectivity index (χ1v) is 5.85. The monoisotopic (exact) mass is 239 g/mol. The van der Waals surface area contributed by atoms with Gasteiger partial charge in [-0.25, -0.2) is 4.98 Å². The lowest BCUT2D eigenvalue weighted by Crippen LogP contribution is -2.24. The van der Waals surface area contributed by atoms with Crippen LogP contribution in [0.3, 0.4) is 0 Å². The van der Waals surface area contributed by atoms with Crippen LogP contribution in [0.4, 0.5) is 5.13 Å². The Hall–Kier alpha value is -1.40. The van der Waals surface area contributed by atoms with Crippen LogP contribution >= 0.6 is 22.7 Å². The number of hydrogen-bond acceptors (Lipinski definition) is 6. The Labute approximate surface area is 94.0 Å². The number of aliphatic carboxylic acids is 1. The van der Waals surface area contributed by atoms with Crippen molar-refractivity contribution in [3.05, 3.63) is 22.4 Å². The van der Waals surface area contributed by atoms with Crippen LogP contribution < -0.4 is 10.8 Å². The highest BCUT2D eigenvalue weighted by atomic mass is 32.1. The first kappa shape index (κ1) is 10.1. The number of carbonyl (C=O) groups is 1. The van der Waals surface area contributed by atoms with E-state index in [9.17, 15) is 9.90 Å². The zero-order chi connectivity index (χ0) is 10.8. The summed E-state index contributed by atoms with van der Waals surface area (Å²) >= 11 is 2.70. The van der Waals surface area contributed by atoms with Crippen molar-refractivity contribution < 1.29 is 9.90 Å². The van der Waals surface area contributed by atoms with E-state index in [-0.39, 0.29) is 6.42 Å². The second-order valence-electron chi connectivity index (χ2n) is 2.85. The summed E-state index contributed by atoms with van der Waals surface area (Å²) in [6.07, 6.45) is -0.137. The molecule has 2 aromatic heterocycles. The SMILES string of the molecule is Nc1nc(-c2cccs2)c(CC(=O)[O-])s1. The summed E-state index contributed by atoms with van der Waals surface area (Å²) in [5.41, 5.74) is 6.22. The molecule has 78 valence electrons. The third kappa shape index (κ3) is 2.16. The number of anilines is 1. The molecule has 0 bridgehead atoms. The van der Waals surface area contributed by atoms with E-state index in [0.717, 1.165) is 4.88 Å². The minimum Gasteiger partial charge on any atom is -0.550 e. The van der Waals surface area contributed by atoms with Gasteiger partial charge in [0.05, 0.1) is 10.6 Å². The standard InChI is InChI=1S/C9H8N2O2S2/c10-9-11-8(5-2-1-3-14-5)6(15-9)4-7(12)13/h1-3H,4H2,(H2,10,11)(H,12,13)/p-1. The highest BCUT2D eigenvalue weighted by Gasteiger charge is 2.12. The number of carbonyl (C=O) groups excluding carboxylic acids is 1. The second kappa shape index (κ2) is 4.00. The van der Waals surface area contributed by atoms with Gasteiger partial charge in [0.15, 0.2) is 5.13 Å². The van der Waals surface area contributed by atoms with Crippen molar-refractivity contribution >= 4 is 33.8 Å². The zero-order valence-electron chi connectivity index (χ0n) is 7.60. The molecular formula is C9H7N2O2S2-. The smallest absolute Gasteiger partial charge is 0.180 e. The van der Waals surface area contributed by atoms with Gasteiger partial charge >= 0.3 is 0 Å². The summed E-state index contributed by atoms with van der Waals surface area (Å²) in [5.74, 6) is -1.11. The van der Waals surface area contributed by atoms with Crippen LogP contribution in [0, 0.1) is 0 Å². The number of rotatable bonds is 3. The van der Waals surface area contributed by atoms with Gasteiger partial charge < -0.3 is 15.6 Å². The van der Waals surface area contributed by atoms with Crippen LogP contribution in [-0.4, -0.2) is 11.0 Å². The average molecular weight is 239 g/mol. The molecule has 15 heavy (non-hydrogen) atoms. The minimum atomic E-state index is -1.11. The molecule has 6 heteroatoms. The molecule has 0 spiro atoms. The van der Waals surface area contributed by atoms with Crippen LogP contribution in [0.5, 0.6) is 0 Å². The van der Waals surface area contributed by atoms with E-state index < -0.39 is 5.97 Å². The first-order chi connectivity index (χ1) is 7.16. The lowest BCUT2D eigenvalue weighted by atomic mass is 10.2. The van der Waals surface area contributed by atoms with Crippen LogP contribution in [0.1, 0.15) is 4.88 Å². The third-order valence-corrected chi connectivity index (χ3v) is 3.53. The van der Waals surface area contributed by atoms with Crippen molar-refractivity contribution in [3.63, 3.8) is 0 Å². The summed E-state index contributed by atoms with van der Waals surface area (Å²) in [7, 11) is 0. The fraction of sp³-hybridized carbons (Fsp3) is 0.111. The van der Waals surface area contributed by atoms with Crippen molar-refractivity contribution in [2.45, 2.75) is 6.42 Å². The molecule has 2 heterocycles. The Balaban J connectivity index is 2.42. The maximum Gasteiger partial charge on any atom is 0.180 e. The lowest BCUT2D eigenvalue weighted by molar-refractivity contribution is -0.304. The molecule has 0 saturated heterocycles. The van der Waals surface area contributed by atoms with E-state index in [2.05, 4.69) is 4.98 Å². The Morgan fingerprint density at radius 1 is 1.60 bits per heavy atom. The van der Waals surface area contributed by atoms with Gasteiger partial charge in [0, 0.05) is 17.3 Å². The molecule has 0 aliphatic carbocycles. The fourth-order valence-corrected chi connectivity index (χ4v) is 2.86. The van der Waals surface area contributed by atoms with Gasteiger partial charge in [-0.15, -0.1) is 22.7 Å². The summed E-state index contributed by atoms with van der Waals surface area (Å²) in [6.45, 7) is 0. The van der Waals surface area contributed by atoms with Gasteiger partial charge in [0.2, 0.25) is 0 Å². The molecule has 0 saturated carbocycles. The highest BCUT2D eigenvalue weighted by molar-refractivity contribution is 7.17. The number of thiophene rings is 1. The summed E-state index contributed by atoms with van der Waals surface area (Å²) in [5, 5.41) is 12.8. The van der Waals surface area contributed by atoms with Crippen LogP contribution in [0.15, 0.2) is 17.5 Å². The average Bonchev–Trinajstić information content (AvgIpc) is 2.72. The third-order valence-electron chi connectivity index (χ3n) is 1.77. The molecular weight excluding hydrogens is 232 g/mol. The minimum absolute atomic E-state index is 0.137. The quantitative estimate of drug-likeness (QED) is 0.857.